The quantitative estimate of drug-likeness (QED) is 0.486. The highest BCUT2D eigenvalue weighted by atomic mass is 32.2. The van der Waals surface area contributed by atoms with E-state index in [9.17, 15) is 17.6 Å². The molecule has 200 valence electrons. The summed E-state index contributed by atoms with van der Waals surface area (Å²) >= 11 is 0. The van der Waals surface area contributed by atoms with Gasteiger partial charge in [-0.25, -0.2) is 12.8 Å². The van der Waals surface area contributed by atoms with E-state index >= 15 is 0 Å². The van der Waals surface area contributed by atoms with Gasteiger partial charge in [0.15, 0.2) is 0 Å². The lowest BCUT2D eigenvalue weighted by Crippen LogP contribution is -2.50. The Bertz CT molecular complexity index is 1340. The molecule has 2 fully saturated rings. The number of benzene rings is 2. The number of anilines is 1. The summed E-state index contributed by atoms with van der Waals surface area (Å²) in [6.45, 7) is 3.33. The van der Waals surface area contributed by atoms with E-state index in [1.165, 1.54) is 30.3 Å². The van der Waals surface area contributed by atoms with E-state index < -0.39 is 20.7 Å². The van der Waals surface area contributed by atoms with Crippen molar-refractivity contribution in [2.24, 2.45) is 0 Å². The third kappa shape index (κ3) is 6.14. The number of sulfonamides is 1. The molecule has 0 atom stereocenters. The minimum atomic E-state index is -4.07. The van der Waals surface area contributed by atoms with Crippen LogP contribution in [0.15, 0.2) is 78.0 Å². The maximum atomic E-state index is 13.9. The summed E-state index contributed by atoms with van der Waals surface area (Å²) in [5.41, 5.74) is 0.756. The molecular weight excluding hydrogens is 507 g/mol. The van der Waals surface area contributed by atoms with Crippen molar-refractivity contribution in [2.45, 2.75) is 42.7 Å². The lowest BCUT2D eigenvalue weighted by Gasteiger charge is -2.41. The molecule has 0 unspecified atom stereocenters. The molecule has 1 N–H and O–H groups in total. The summed E-state index contributed by atoms with van der Waals surface area (Å²) in [4.78, 5) is 21.0. The predicted octanol–water partition coefficient (Wildman–Crippen LogP) is 4.17. The molecule has 1 aromatic heterocycles. The van der Waals surface area contributed by atoms with Gasteiger partial charge in [-0.1, -0.05) is 12.1 Å². The number of piperidine rings is 2. The number of carbonyl (C=O) groups is 1. The van der Waals surface area contributed by atoms with Crippen molar-refractivity contribution < 1.29 is 22.3 Å². The van der Waals surface area contributed by atoms with E-state index in [1.807, 2.05) is 17.0 Å². The predicted molar refractivity (Wildman–Crippen MR) is 142 cm³/mol. The van der Waals surface area contributed by atoms with Crippen molar-refractivity contribution in [1.82, 2.24) is 14.8 Å². The third-order valence-electron chi connectivity index (χ3n) is 7.21. The van der Waals surface area contributed by atoms with Crippen LogP contribution in [0.3, 0.4) is 0 Å². The highest BCUT2D eigenvalue weighted by molar-refractivity contribution is 7.92. The molecule has 3 heterocycles. The first kappa shape index (κ1) is 26.1. The molecule has 2 aliphatic rings. The van der Waals surface area contributed by atoms with Gasteiger partial charge in [0.1, 0.15) is 22.6 Å². The van der Waals surface area contributed by atoms with Crippen molar-refractivity contribution in [1.29, 1.82) is 0 Å². The largest absolute Gasteiger partial charge is 0.490 e. The van der Waals surface area contributed by atoms with Crippen molar-refractivity contribution in [3.63, 3.8) is 0 Å². The van der Waals surface area contributed by atoms with E-state index in [0.717, 1.165) is 50.6 Å². The molecule has 5 rings (SSSR count). The number of nitrogens with one attached hydrogen (secondary N) is 1. The van der Waals surface area contributed by atoms with E-state index in [1.54, 1.807) is 24.5 Å². The van der Waals surface area contributed by atoms with Crippen LogP contribution in [-0.2, 0) is 10.0 Å². The Morgan fingerprint density at radius 3 is 2.21 bits per heavy atom. The number of halogens is 1. The van der Waals surface area contributed by atoms with Crippen LogP contribution in [0.2, 0.25) is 0 Å². The zero-order valence-electron chi connectivity index (χ0n) is 21.0. The first-order chi connectivity index (χ1) is 18.4. The number of likely N-dealkylation sites (tertiary alicyclic amines) is 2. The van der Waals surface area contributed by atoms with Crippen LogP contribution in [0.1, 0.15) is 36.0 Å². The van der Waals surface area contributed by atoms with E-state index in [-0.39, 0.29) is 17.7 Å². The summed E-state index contributed by atoms with van der Waals surface area (Å²) in [5.74, 6) is -0.0323. The molecule has 0 saturated carbocycles. The van der Waals surface area contributed by atoms with Crippen molar-refractivity contribution in [2.75, 3.05) is 30.9 Å². The van der Waals surface area contributed by atoms with Gasteiger partial charge in [0.2, 0.25) is 0 Å². The molecule has 38 heavy (non-hydrogen) atoms. The summed E-state index contributed by atoms with van der Waals surface area (Å²) in [6.07, 6.45) is 7.50. The fraction of sp³-hybridized carbons (Fsp3) is 0.357. The first-order valence-electron chi connectivity index (χ1n) is 12.9. The standard InChI is InChI=1S/C28H31FN4O4S/c29-26-3-1-2-4-27(26)38(35,36)31-22-7-5-21(6-8-22)28(34)33-17-11-23(12-18-33)32-19-13-25(14-20-32)37-24-9-15-30-16-10-24/h1-10,15-16,23,25,31H,11-14,17-20H2. The number of nitrogens with zero attached hydrogens (tertiary/aromatic N) is 3. The topological polar surface area (TPSA) is 91.8 Å². The van der Waals surface area contributed by atoms with Crippen LogP contribution in [0.25, 0.3) is 0 Å². The molecule has 2 aliphatic heterocycles. The van der Waals surface area contributed by atoms with Gasteiger partial charge < -0.3 is 9.64 Å². The lowest BCUT2D eigenvalue weighted by atomic mass is 9.98. The molecule has 10 heteroatoms. The smallest absolute Gasteiger partial charge is 0.264 e. The van der Waals surface area contributed by atoms with Crippen LogP contribution in [0, 0.1) is 5.82 Å². The van der Waals surface area contributed by atoms with Crippen molar-refractivity contribution in [3.05, 3.63) is 84.4 Å². The van der Waals surface area contributed by atoms with Gasteiger partial charge in [-0.15, -0.1) is 0 Å². The molecule has 0 radical (unpaired) electrons. The fourth-order valence-corrected chi connectivity index (χ4v) is 6.28. The van der Waals surface area contributed by atoms with Crippen LogP contribution in [0.5, 0.6) is 5.75 Å². The van der Waals surface area contributed by atoms with Gasteiger partial charge in [-0.3, -0.25) is 19.4 Å². The highest BCUT2D eigenvalue weighted by Gasteiger charge is 2.30. The Balaban J connectivity index is 1.10. The van der Waals surface area contributed by atoms with Gasteiger partial charge in [-0.05, 0) is 74.2 Å². The molecule has 2 aromatic carbocycles. The van der Waals surface area contributed by atoms with Crippen molar-refractivity contribution in [3.8, 4) is 5.75 Å². The number of carbonyl (C=O) groups excluding carboxylic acids is 1. The lowest BCUT2D eigenvalue weighted by molar-refractivity contribution is 0.0425. The van der Waals surface area contributed by atoms with Crippen LogP contribution in [-0.4, -0.2) is 67.4 Å². The van der Waals surface area contributed by atoms with Crippen molar-refractivity contribution >= 4 is 21.6 Å². The van der Waals surface area contributed by atoms with Gasteiger partial charge in [0.25, 0.3) is 15.9 Å². The molecule has 2 saturated heterocycles. The second-order valence-corrected chi connectivity index (χ2v) is 11.3. The Labute approximate surface area is 222 Å². The minimum Gasteiger partial charge on any atom is -0.490 e. The maximum absolute atomic E-state index is 13.9. The Morgan fingerprint density at radius 2 is 1.55 bits per heavy atom. The number of hydrogen-bond donors (Lipinski definition) is 1. The van der Waals surface area contributed by atoms with Crippen LogP contribution >= 0.6 is 0 Å². The van der Waals surface area contributed by atoms with E-state index in [2.05, 4.69) is 14.6 Å². The normalized spacial score (nSPS) is 17.8. The summed E-state index contributed by atoms with van der Waals surface area (Å²) in [7, 11) is -4.07. The number of hydrogen-bond acceptors (Lipinski definition) is 6. The van der Waals surface area contributed by atoms with E-state index in [4.69, 9.17) is 4.74 Å². The second-order valence-electron chi connectivity index (χ2n) is 9.67. The van der Waals surface area contributed by atoms with Crippen LogP contribution < -0.4 is 9.46 Å². The number of pyridine rings is 1. The summed E-state index contributed by atoms with van der Waals surface area (Å²) in [6, 6.07) is 15.7. The highest BCUT2D eigenvalue weighted by Crippen LogP contribution is 2.25. The average Bonchev–Trinajstić information content (AvgIpc) is 2.94. The maximum Gasteiger partial charge on any atom is 0.264 e. The minimum absolute atomic E-state index is 0.0728. The summed E-state index contributed by atoms with van der Waals surface area (Å²) < 4.78 is 47.4. The third-order valence-corrected chi connectivity index (χ3v) is 8.62. The van der Waals surface area contributed by atoms with Gasteiger partial charge in [0, 0.05) is 55.9 Å². The SMILES string of the molecule is O=C(c1ccc(NS(=O)(=O)c2ccccc2F)cc1)N1CCC(N2CCC(Oc3ccncc3)CC2)CC1. The first-order valence-corrected chi connectivity index (χ1v) is 14.3. The monoisotopic (exact) mass is 538 g/mol. The molecular formula is C28H31FN4O4S. The molecule has 0 aliphatic carbocycles. The average molecular weight is 539 g/mol. The zero-order valence-corrected chi connectivity index (χ0v) is 21.8. The molecule has 0 bridgehead atoms. The molecule has 8 nitrogen and oxygen atoms in total. The second kappa shape index (κ2) is 11.5. The molecule has 0 spiro atoms. The summed E-state index contributed by atoms with van der Waals surface area (Å²) in [5, 5.41) is 0. The molecule has 1 amide bonds. The number of aromatic nitrogens is 1. The van der Waals surface area contributed by atoms with E-state index in [0.29, 0.717) is 24.7 Å². The fourth-order valence-electron chi connectivity index (χ4n) is 5.14. The van der Waals surface area contributed by atoms with Gasteiger partial charge in [0.05, 0.1) is 0 Å². The number of ether oxygens (including phenoxy) is 1. The molecule has 3 aromatic rings. The Morgan fingerprint density at radius 1 is 0.895 bits per heavy atom. The number of amides is 1. The van der Waals surface area contributed by atoms with Crippen LogP contribution in [0.4, 0.5) is 10.1 Å². The zero-order chi connectivity index (χ0) is 26.5. The van der Waals surface area contributed by atoms with Gasteiger partial charge >= 0.3 is 0 Å². The number of rotatable bonds is 7. The Hall–Kier alpha value is -3.50. The van der Waals surface area contributed by atoms with Gasteiger partial charge in [-0.2, -0.15) is 0 Å². The Kier molecular flexibility index (Phi) is 7.90.